The van der Waals surface area contributed by atoms with Gasteiger partial charge in [-0.25, -0.2) is 0 Å². The Hall–Kier alpha value is -2.29. The molecule has 0 amide bonds. The van der Waals surface area contributed by atoms with Crippen LogP contribution in [-0.4, -0.2) is 70.0 Å². The number of allylic oxidation sites excluding steroid dienone is 10. The predicted octanol–water partition coefficient (Wildman–Crippen LogP) is 11.1. The molecule has 0 aliphatic rings. The summed E-state index contributed by atoms with van der Waals surface area (Å²) < 4.78 is 33.7. The highest BCUT2D eigenvalue weighted by molar-refractivity contribution is 7.45. The lowest BCUT2D eigenvalue weighted by molar-refractivity contribution is -0.870. The lowest BCUT2D eigenvalue weighted by atomic mass is 10.1. The molecular formula is C44H78NO8P. The molecule has 54 heavy (non-hydrogen) atoms. The van der Waals surface area contributed by atoms with E-state index >= 15 is 0 Å². The highest BCUT2D eigenvalue weighted by Crippen LogP contribution is 2.38. The number of unbranched alkanes of at least 4 members (excludes halogenated alkanes) is 13. The molecule has 0 saturated carbocycles. The molecule has 312 valence electrons. The third-order valence-electron chi connectivity index (χ3n) is 8.55. The van der Waals surface area contributed by atoms with Gasteiger partial charge < -0.3 is 27.9 Å². The molecule has 0 N–H and O–H groups in total. The quantitative estimate of drug-likeness (QED) is 0.0201. The summed E-state index contributed by atoms with van der Waals surface area (Å²) in [5.74, 6) is -0.935. The Balaban J connectivity index is 4.52. The minimum atomic E-state index is -4.64. The van der Waals surface area contributed by atoms with Gasteiger partial charge in [0.05, 0.1) is 27.7 Å². The van der Waals surface area contributed by atoms with E-state index in [1.807, 2.05) is 33.3 Å². The zero-order valence-corrected chi connectivity index (χ0v) is 35.8. The highest BCUT2D eigenvalue weighted by atomic mass is 31.2. The summed E-state index contributed by atoms with van der Waals surface area (Å²) in [6.07, 6.45) is 42.6. The summed E-state index contributed by atoms with van der Waals surface area (Å²) in [5, 5.41) is 0. The van der Waals surface area contributed by atoms with Crippen LogP contribution in [0.25, 0.3) is 0 Å². The molecule has 2 atom stereocenters. The van der Waals surface area contributed by atoms with Crippen LogP contribution in [0.15, 0.2) is 60.8 Å². The first-order chi connectivity index (χ1) is 26.0. The second-order valence-electron chi connectivity index (χ2n) is 15.0. The molecular weight excluding hydrogens is 701 g/mol. The van der Waals surface area contributed by atoms with Crippen molar-refractivity contribution in [3.63, 3.8) is 0 Å². The first-order valence-electron chi connectivity index (χ1n) is 21.0. The molecule has 0 aromatic heterocycles. The molecule has 1 unspecified atom stereocenters. The van der Waals surface area contributed by atoms with Gasteiger partial charge in [-0.15, -0.1) is 0 Å². The summed E-state index contributed by atoms with van der Waals surface area (Å²) in [7, 11) is 1.11. The normalized spacial score (nSPS) is 14.3. The third kappa shape index (κ3) is 39.4. The number of phosphoric ester groups is 1. The fraction of sp³-hybridized carbons (Fsp3) is 0.727. The number of rotatable bonds is 37. The van der Waals surface area contributed by atoms with Gasteiger partial charge >= 0.3 is 11.9 Å². The van der Waals surface area contributed by atoms with Crippen molar-refractivity contribution in [2.45, 2.75) is 161 Å². The van der Waals surface area contributed by atoms with Crippen molar-refractivity contribution < 1.29 is 42.1 Å². The van der Waals surface area contributed by atoms with Crippen LogP contribution in [0.2, 0.25) is 0 Å². The fourth-order valence-electron chi connectivity index (χ4n) is 5.22. The average Bonchev–Trinajstić information content (AvgIpc) is 3.12. The van der Waals surface area contributed by atoms with Gasteiger partial charge in [0.1, 0.15) is 19.8 Å². The number of esters is 2. The summed E-state index contributed by atoms with van der Waals surface area (Å²) in [5.41, 5.74) is 0. The first-order valence-corrected chi connectivity index (χ1v) is 22.5. The summed E-state index contributed by atoms with van der Waals surface area (Å²) in [6.45, 7) is 4.08. The van der Waals surface area contributed by atoms with E-state index in [2.05, 4.69) is 62.5 Å². The molecule has 0 saturated heterocycles. The maximum absolute atomic E-state index is 12.6. The Labute approximate surface area is 330 Å². The standard InChI is InChI=1S/C44H78NO8P/c1-6-8-10-12-14-16-18-19-20-21-22-23-24-25-27-29-31-33-35-37-44(47)53-42(41-52-54(48,49)51-39-38-45(3,4)5)40-50-43(46)36-34-32-30-28-26-17-15-13-11-9-7-2/h14,16,19-20,22-23,25,27,31,33,42H,6-13,15,17-18,21,24,26,28-30,32,34-41H2,1-5H3/b16-14+,20-19+,23-22+,27-25+,33-31+/t42-/m1/s1. The molecule has 0 heterocycles. The third-order valence-corrected chi connectivity index (χ3v) is 9.52. The molecule has 0 radical (unpaired) electrons. The van der Waals surface area contributed by atoms with Gasteiger partial charge in [0, 0.05) is 12.8 Å². The van der Waals surface area contributed by atoms with E-state index < -0.39 is 32.5 Å². The predicted molar refractivity (Wildman–Crippen MR) is 222 cm³/mol. The first kappa shape index (κ1) is 51.7. The maximum Gasteiger partial charge on any atom is 0.306 e. The largest absolute Gasteiger partial charge is 0.756 e. The molecule has 0 aromatic rings. The van der Waals surface area contributed by atoms with Gasteiger partial charge in [0.25, 0.3) is 7.82 Å². The van der Waals surface area contributed by atoms with Crippen LogP contribution in [0.5, 0.6) is 0 Å². The number of ether oxygens (including phenoxy) is 2. The van der Waals surface area contributed by atoms with Crippen LogP contribution in [0.1, 0.15) is 155 Å². The molecule has 0 bridgehead atoms. The highest BCUT2D eigenvalue weighted by Gasteiger charge is 2.21. The lowest BCUT2D eigenvalue weighted by Crippen LogP contribution is -2.37. The molecule has 0 rings (SSSR count). The van der Waals surface area contributed by atoms with E-state index in [1.165, 1.54) is 77.0 Å². The number of carbonyl (C=O) groups excluding carboxylic acids is 2. The average molecular weight is 780 g/mol. The fourth-order valence-corrected chi connectivity index (χ4v) is 5.95. The van der Waals surface area contributed by atoms with Gasteiger partial charge in [-0.1, -0.05) is 152 Å². The molecule has 0 aliphatic carbocycles. The van der Waals surface area contributed by atoms with Crippen LogP contribution < -0.4 is 4.89 Å². The van der Waals surface area contributed by atoms with Crippen molar-refractivity contribution in [3.05, 3.63) is 60.8 Å². The van der Waals surface area contributed by atoms with Gasteiger partial charge in [-0.05, 0) is 51.4 Å². The Kier molecular flexibility index (Phi) is 34.8. The van der Waals surface area contributed by atoms with Crippen molar-refractivity contribution in [2.24, 2.45) is 0 Å². The van der Waals surface area contributed by atoms with Gasteiger partial charge in [-0.3, -0.25) is 14.2 Å². The molecule has 10 heteroatoms. The zero-order valence-electron chi connectivity index (χ0n) is 34.9. The Morgan fingerprint density at radius 2 is 1.04 bits per heavy atom. The second kappa shape index (κ2) is 36.4. The number of hydrogen-bond donors (Lipinski definition) is 0. The van der Waals surface area contributed by atoms with Crippen molar-refractivity contribution in [3.8, 4) is 0 Å². The molecule has 0 fully saturated rings. The van der Waals surface area contributed by atoms with Crippen molar-refractivity contribution in [1.82, 2.24) is 0 Å². The lowest BCUT2D eigenvalue weighted by Gasteiger charge is -2.28. The smallest absolute Gasteiger partial charge is 0.306 e. The number of likely N-dealkylation sites (N-methyl/N-ethyl adjacent to an activating group) is 1. The van der Waals surface area contributed by atoms with Crippen molar-refractivity contribution >= 4 is 19.8 Å². The molecule has 0 aliphatic heterocycles. The molecule has 0 spiro atoms. The summed E-state index contributed by atoms with van der Waals surface area (Å²) >= 11 is 0. The number of hydrogen-bond acceptors (Lipinski definition) is 8. The second-order valence-corrected chi connectivity index (χ2v) is 16.4. The minimum Gasteiger partial charge on any atom is -0.756 e. The molecule has 0 aromatic carbocycles. The van der Waals surface area contributed by atoms with E-state index in [4.69, 9.17) is 18.5 Å². The van der Waals surface area contributed by atoms with Crippen LogP contribution in [0, 0.1) is 0 Å². The summed E-state index contributed by atoms with van der Waals surface area (Å²) in [4.78, 5) is 37.4. The van der Waals surface area contributed by atoms with Crippen LogP contribution in [-0.2, 0) is 32.7 Å². The van der Waals surface area contributed by atoms with Crippen LogP contribution in [0.4, 0.5) is 0 Å². The maximum atomic E-state index is 12.6. The Bertz CT molecular complexity index is 1110. The van der Waals surface area contributed by atoms with Gasteiger partial charge in [0.2, 0.25) is 0 Å². The van der Waals surface area contributed by atoms with E-state index in [0.717, 1.165) is 44.9 Å². The zero-order chi connectivity index (χ0) is 40.0. The van der Waals surface area contributed by atoms with Gasteiger partial charge in [0.15, 0.2) is 6.10 Å². The van der Waals surface area contributed by atoms with E-state index in [0.29, 0.717) is 17.4 Å². The Morgan fingerprint density at radius 3 is 1.56 bits per heavy atom. The topological polar surface area (TPSA) is 111 Å². The van der Waals surface area contributed by atoms with E-state index in [1.54, 1.807) is 0 Å². The number of nitrogens with zero attached hydrogens (tertiary/aromatic N) is 1. The van der Waals surface area contributed by atoms with E-state index in [9.17, 15) is 19.0 Å². The SMILES string of the molecule is CCCCC/C=C/C/C=C/C/C=C/C/C=C/C/C=C/CCC(=O)O[C@H](COC(=O)CCCCCCCCCCCCC)COP(=O)([O-])OCC[N+](C)(C)C. The number of carbonyl (C=O) groups is 2. The van der Waals surface area contributed by atoms with Gasteiger partial charge in [-0.2, -0.15) is 0 Å². The monoisotopic (exact) mass is 780 g/mol. The van der Waals surface area contributed by atoms with Crippen molar-refractivity contribution in [2.75, 3.05) is 47.5 Å². The molecule has 9 nitrogen and oxygen atoms in total. The van der Waals surface area contributed by atoms with Crippen LogP contribution >= 0.6 is 7.82 Å². The minimum absolute atomic E-state index is 0.0456. The number of quaternary nitrogens is 1. The van der Waals surface area contributed by atoms with Crippen LogP contribution in [0.3, 0.4) is 0 Å². The Morgan fingerprint density at radius 1 is 0.574 bits per heavy atom. The van der Waals surface area contributed by atoms with E-state index in [-0.39, 0.29) is 26.1 Å². The summed E-state index contributed by atoms with van der Waals surface area (Å²) in [6, 6.07) is 0. The van der Waals surface area contributed by atoms with Crippen molar-refractivity contribution in [1.29, 1.82) is 0 Å². The number of phosphoric acid groups is 1.